The number of benzene rings is 1. The highest BCUT2D eigenvalue weighted by Gasteiger charge is 2.01. The van der Waals surface area contributed by atoms with Gasteiger partial charge in [-0.2, -0.15) is 0 Å². The van der Waals surface area contributed by atoms with E-state index in [2.05, 4.69) is 9.15 Å². The minimum atomic E-state index is 0.834. The summed E-state index contributed by atoms with van der Waals surface area (Å²) in [6.45, 7) is 2.02. The van der Waals surface area contributed by atoms with Crippen LogP contribution in [-0.4, -0.2) is 0 Å². The van der Waals surface area contributed by atoms with Crippen molar-refractivity contribution in [2.24, 2.45) is 0 Å². The lowest BCUT2D eigenvalue weighted by Crippen LogP contribution is -1.76. The topological polar surface area (TPSA) is 26.3 Å². The van der Waals surface area contributed by atoms with Crippen LogP contribution in [0.4, 0.5) is 0 Å². The van der Waals surface area contributed by atoms with Crippen molar-refractivity contribution < 1.29 is 9.15 Å². The molecule has 0 unspecified atom stereocenters. The average Bonchev–Trinajstić information content (AvgIpc) is 1.78. The predicted octanol–water partition coefficient (Wildman–Crippen LogP) is 2.33. The third-order valence-corrected chi connectivity index (χ3v) is 1.32. The first kappa shape index (κ1) is 4.68. The molecule has 0 saturated heterocycles. The maximum absolute atomic E-state index is 4.66. The van der Waals surface area contributed by atoms with Gasteiger partial charge >= 0.3 is 0 Å². The third kappa shape index (κ3) is 0.560. The van der Waals surface area contributed by atoms with Crippen LogP contribution < -0.4 is 0 Å². The molecule has 9 heavy (non-hydrogen) atoms. The van der Waals surface area contributed by atoms with E-state index in [4.69, 9.17) is 0 Å². The summed E-state index contributed by atoms with van der Waals surface area (Å²) in [5.41, 5.74) is 2.87. The van der Waals surface area contributed by atoms with Crippen molar-refractivity contribution in [3.05, 3.63) is 23.8 Å². The first-order valence-corrected chi connectivity index (χ1v) is 2.81. The summed E-state index contributed by atoms with van der Waals surface area (Å²) in [5.74, 6) is 0. The maximum Gasteiger partial charge on any atom is 0.225 e. The van der Waals surface area contributed by atoms with Crippen molar-refractivity contribution in [1.82, 2.24) is 0 Å². The first-order chi connectivity index (χ1) is 4.36. The van der Waals surface area contributed by atoms with Crippen molar-refractivity contribution in [2.45, 2.75) is 6.92 Å². The fourth-order valence-electron chi connectivity index (χ4n) is 0.805. The van der Waals surface area contributed by atoms with E-state index in [-0.39, 0.29) is 0 Å². The molecule has 0 saturated carbocycles. The second-order valence-electron chi connectivity index (χ2n) is 2.12. The van der Waals surface area contributed by atoms with E-state index in [1.807, 2.05) is 25.1 Å². The van der Waals surface area contributed by atoms with Gasteiger partial charge in [0.15, 0.2) is 0 Å². The fraction of sp³-hybridized carbons (Fsp3) is 0.143. The minimum Gasteiger partial charge on any atom is -0.286 e. The Labute approximate surface area is 52.0 Å². The van der Waals surface area contributed by atoms with Gasteiger partial charge in [0.1, 0.15) is 0 Å². The minimum absolute atomic E-state index is 0.834. The fourth-order valence-corrected chi connectivity index (χ4v) is 0.805. The molecule has 0 fully saturated rings. The normalized spacial score (nSPS) is 10.8. The highest BCUT2D eigenvalue weighted by atomic mass is 17.0. The van der Waals surface area contributed by atoms with Crippen LogP contribution in [0.25, 0.3) is 11.2 Å². The Morgan fingerprint density at radius 1 is 1.11 bits per heavy atom. The molecule has 0 aliphatic rings. The summed E-state index contributed by atoms with van der Waals surface area (Å²) in [4.78, 5) is 0. The van der Waals surface area contributed by atoms with Crippen molar-refractivity contribution in [1.29, 1.82) is 0 Å². The monoisotopic (exact) mass is 122 g/mol. The van der Waals surface area contributed by atoms with Gasteiger partial charge in [0.2, 0.25) is 11.2 Å². The summed E-state index contributed by atoms with van der Waals surface area (Å²) in [7, 11) is 0. The second-order valence-corrected chi connectivity index (χ2v) is 2.12. The van der Waals surface area contributed by atoms with Crippen LogP contribution in [-0.2, 0) is 0 Å². The Balaban J connectivity index is 2.78. The average molecular weight is 122 g/mol. The Morgan fingerprint density at radius 3 is 2.33 bits per heavy atom. The quantitative estimate of drug-likeness (QED) is 0.501. The van der Waals surface area contributed by atoms with Gasteiger partial charge in [0, 0.05) is 0 Å². The molecule has 1 heterocycles. The Morgan fingerprint density at radius 2 is 1.89 bits per heavy atom. The zero-order chi connectivity index (χ0) is 6.27. The smallest absolute Gasteiger partial charge is 0.225 e. The zero-order valence-corrected chi connectivity index (χ0v) is 5.05. The molecule has 0 bridgehead atoms. The van der Waals surface area contributed by atoms with Crippen LogP contribution in [0.1, 0.15) is 5.56 Å². The maximum atomic E-state index is 4.66. The molecule has 2 heteroatoms. The summed E-state index contributed by atoms with van der Waals surface area (Å²) in [6, 6.07) is 5.83. The largest absolute Gasteiger partial charge is 0.286 e. The lowest BCUT2D eigenvalue weighted by molar-refractivity contribution is 0.0588. The van der Waals surface area contributed by atoms with E-state index in [0.717, 1.165) is 11.2 Å². The Bertz CT molecular complexity index is 316. The molecular formula is C7H6O2. The van der Waals surface area contributed by atoms with Crippen LogP contribution in [0, 0.1) is 6.92 Å². The first-order valence-electron chi connectivity index (χ1n) is 2.81. The predicted molar refractivity (Wildman–Crippen MR) is 33.2 cm³/mol. The van der Waals surface area contributed by atoms with Crippen molar-refractivity contribution in [3.63, 3.8) is 0 Å². The molecule has 0 atom stereocenters. The van der Waals surface area contributed by atoms with Crippen molar-refractivity contribution >= 4 is 11.2 Å². The van der Waals surface area contributed by atoms with Crippen molar-refractivity contribution in [3.8, 4) is 0 Å². The zero-order valence-electron chi connectivity index (χ0n) is 5.05. The molecule has 0 aliphatic carbocycles. The summed E-state index contributed by atoms with van der Waals surface area (Å²) >= 11 is 0. The highest BCUT2D eigenvalue weighted by Crippen LogP contribution is 2.18. The molecule has 2 nitrogen and oxygen atoms in total. The number of hydrogen-bond donors (Lipinski definition) is 0. The van der Waals surface area contributed by atoms with Gasteiger partial charge in [-0.05, 0) is 24.6 Å². The van der Waals surface area contributed by atoms with Gasteiger partial charge in [-0.3, -0.25) is 9.15 Å². The van der Waals surface area contributed by atoms with Crippen LogP contribution in [0.3, 0.4) is 0 Å². The molecule has 0 aliphatic heterocycles. The lowest BCUT2D eigenvalue weighted by atomic mass is 10.2. The summed E-state index contributed by atoms with van der Waals surface area (Å²) in [6.07, 6.45) is 0. The lowest BCUT2D eigenvalue weighted by Gasteiger charge is -1.96. The standard InChI is InChI=1S/C7H6O2/c1-5-2-3-6-7(4-5)9-8-6/h2-4H,1H3. The summed E-state index contributed by atoms with van der Waals surface area (Å²) in [5, 5.41) is 0. The van der Waals surface area contributed by atoms with E-state index in [1.54, 1.807) is 0 Å². The molecule has 46 valence electrons. The van der Waals surface area contributed by atoms with Crippen molar-refractivity contribution in [2.75, 3.05) is 0 Å². The van der Waals surface area contributed by atoms with Crippen LogP contribution in [0.2, 0.25) is 0 Å². The van der Waals surface area contributed by atoms with Gasteiger partial charge < -0.3 is 0 Å². The van der Waals surface area contributed by atoms with Gasteiger partial charge in [0.25, 0.3) is 0 Å². The molecule has 0 amide bonds. The number of hydrogen-bond acceptors (Lipinski definition) is 2. The van der Waals surface area contributed by atoms with E-state index in [1.165, 1.54) is 5.56 Å². The van der Waals surface area contributed by atoms with E-state index in [9.17, 15) is 0 Å². The van der Waals surface area contributed by atoms with Gasteiger partial charge in [-0.25, -0.2) is 0 Å². The van der Waals surface area contributed by atoms with Crippen LogP contribution in [0.5, 0.6) is 0 Å². The SMILES string of the molecule is Cc1ccc2ooc2c1. The highest BCUT2D eigenvalue weighted by molar-refractivity contribution is 5.70. The molecule has 0 spiro atoms. The Hall–Kier alpha value is -1.18. The number of fused-ring (bicyclic) bond motifs is 1. The molecule has 1 aromatic carbocycles. The summed E-state index contributed by atoms with van der Waals surface area (Å²) < 4.78 is 9.29. The van der Waals surface area contributed by atoms with Crippen LogP contribution in [0.15, 0.2) is 27.4 Å². The molecule has 2 aromatic rings. The molecule has 0 radical (unpaired) electrons. The molecule has 0 N–H and O–H groups in total. The second kappa shape index (κ2) is 1.41. The molecule has 2 rings (SSSR count). The van der Waals surface area contributed by atoms with E-state index in [0.29, 0.717) is 0 Å². The Kier molecular flexibility index (Phi) is 0.730. The van der Waals surface area contributed by atoms with E-state index < -0.39 is 0 Å². The number of aryl methyl sites for hydroxylation is 1. The molecular weight excluding hydrogens is 116 g/mol. The van der Waals surface area contributed by atoms with Crippen LogP contribution >= 0.6 is 0 Å². The van der Waals surface area contributed by atoms with Gasteiger partial charge in [0.05, 0.1) is 0 Å². The van der Waals surface area contributed by atoms with E-state index >= 15 is 0 Å². The van der Waals surface area contributed by atoms with Gasteiger partial charge in [-0.1, -0.05) is 6.07 Å². The molecule has 1 aromatic heterocycles. The third-order valence-electron chi connectivity index (χ3n) is 1.32. The number of rotatable bonds is 0. The van der Waals surface area contributed by atoms with Gasteiger partial charge in [-0.15, -0.1) is 0 Å².